The number of halogens is 1. The summed E-state index contributed by atoms with van der Waals surface area (Å²) in [5.74, 6) is -0.971. The van der Waals surface area contributed by atoms with Crippen LogP contribution >= 0.6 is 15.9 Å². The van der Waals surface area contributed by atoms with Crippen molar-refractivity contribution in [1.82, 2.24) is 4.90 Å². The van der Waals surface area contributed by atoms with Crippen LogP contribution in [0.15, 0.2) is 21.4 Å². The van der Waals surface area contributed by atoms with Crippen LogP contribution in [-0.2, 0) is 4.79 Å². The molecule has 1 fully saturated rings. The highest BCUT2D eigenvalue weighted by molar-refractivity contribution is 9.10. The van der Waals surface area contributed by atoms with Crippen LogP contribution in [0.4, 0.5) is 0 Å². The fourth-order valence-corrected chi connectivity index (χ4v) is 2.95. The van der Waals surface area contributed by atoms with E-state index < -0.39 is 11.4 Å². The number of hydrogen-bond acceptors (Lipinski definition) is 3. The van der Waals surface area contributed by atoms with Gasteiger partial charge in [0.25, 0.3) is 5.91 Å². The van der Waals surface area contributed by atoms with Crippen molar-refractivity contribution < 1.29 is 19.1 Å². The third-order valence-corrected chi connectivity index (χ3v) is 4.74. The number of carbonyl (C=O) groups excluding carboxylic acids is 1. The Balaban J connectivity index is 2.13. The molecule has 0 bridgehead atoms. The van der Waals surface area contributed by atoms with Gasteiger partial charge in [-0.25, -0.2) is 0 Å². The maximum absolute atomic E-state index is 12.4. The number of amides is 1. The first-order valence-corrected chi connectivity index (χ1v) is 7.39. The van der Waals surface area contributed by atoms with Crippen LogP contribution in [0.3, 0.4) is 0 Å². The Morgan fingerprint density at radius 3 is 2.75 bits per heavy atom. The number of carboxylic acids is 1. The van der Waals surface area contributed by atoms with Crippen LogP contribution in [-0.4, -0.2) is 35.0 Å². The van der Waals surface area contributed by atoms with Crippen molar-refractivity contribution in [3.8, 4) is 0 Å². The van der Waals surface area contributed by atoms with E-state index in [9.17, 15) is 14.7 Å². The lowest BCUT2D eigenvalue weighted by Crippen LogP contribution is -2.46. The van der Waals surface area contributed by atoms with E-state index in [-0.39, 0.29) is 11.8 Å². The van der Waals surface area contributed by atoms with Crippen LogP contribution in [0.5, 0.6) is 0 Å². The summed E-state index contributed by atoms with van der Waals surface area (Å²) >= 11 is 3.20. The van der Waals surface area contributed by atoms with Crippen LogP contribution in [0, 0.1) is 11.3 Å². The van der Waals surface area contributed by atoms with E-state index in [1.807, 2.05) is 0 Å². The van der Waals surface area contributed by atoms with Crippen molar-refractivity contribution in [2.45, 2.75) is 26.7 Å². The van der Waals surface area contributed by atoms with E-state index in [2.05, 4.69) is 15.9 Å². The van der Waals surface area contributed by atoms with E-state index in [1.54, 1.807) is 24.8 Å². The third-order valence-electron chi connectivity index (χ3n) is 4.13. The molecule has 1 N–H and O–H groups in total. The van der Waals surface area contributed by atoms with Gasteiger partial charge in [0.2, 0.25) is 0 Å². The summed E-state index contributed by atoms with van der Waals surface area (Å²) in [6.45, 7) is 4.57. The van der Waals surface area contributed by atoms with Crippen molar-refractivity contribution in [3.05, 3.63) is 22.6 Å². The van der Waals surface area contributed by atoms with Crippen molar-refractivity contribution in [3.63, 3.8) is 0 Å². The molecule has 20 heavy (non-hydrogen) atoms. The average Bonchev–Trinajstić information content (AvgIpc) is 2.84. The molecule has 0 spiro atoms. The van der Waals surface area contributed by atoms with Crippen molar-refractivity contribution in [1.29, 1.82) is 0 Å². The van der Waals surface area contributed by atoms with E-state index >= 15 is 0 Å². The Morgan fingerprint density at radius 2 is 2.20 bits per heavy atom. The number of carboxylic acid groups (broad SMARTS) is 1. The third kappa shape index (κ3) is 2.75. The Hall–Kier alpha value is -1.30. The first-order valence-electron chi connectivity index (χ1n) is 6.59. The highest BCUT2D eigenvalue weighted by atomic mass is 79.9. The standard InChI is InChI=1S/C14H18BrNO4/c1-14(2,13(18)19)9-4-3-6-16(8-9)12(17)10-5-7-20-11(10)15/h5,7,9H,3-4,6,8H2,1-2H3,(H,18,19). The molecule has 0 aromatic carbocycles. The average molecular weight is 344 g/mol. The molecule has 1 atom stereocenters. The molecule has 1 unspecified atom stereocenters. The number of rotatable bonds is 3. The quantitative estimate of drug-likeness (QED) is 0.915. The molecule has 1 aromatic heterocycles. The molecule has 1 aliphatic heterocycles. The molecule has 1 aromatic rings. The molecule has 1 aliphatic rings. The Bertz CT molecular complexity index is 523. The second kappa shape index (κ2) is 5.60. The normalized spacial score (nSPS) is 19.9. The molecule has 2 heterocycles. The van der Waals surface area contributed by atoms with Crippen LogP contribution in [0.25, 0.3) is 0 Å². The van der Waals surface area contributed by atoms with E-state index in [1.165, 1.54) is 6.26 Å². The number of aliphatic carboxylic acids is 1. The van der Waals surface area contributed by atoms with E-state index in [0.29, 0.717) is 23.3 Å². The SMILES string of the molecule is CC(C)(C(=O)O)C1CCCN(C(=O)c2ccoc2Br)C1. The Kier molecular flexibility index (Phi) is 4.22. The second-order valence-corrected chi connectivity index (χ2v) is 6.45. The molecule has 5 nitrogen and oxygen atoms in total. The summed E-state index contributed by atoms with van der Waals surface area (Å²) < 4.78 is 5.50. The van der Waals surface area contributed by atoms with E-state index in [4.69, 9.17) is 4.42 Å². The van der Waals surface area contributed by atoms with Gasteiger partial charge in [-0.1, -0.05) is 0 Å². The topological polar surface area (TPSA) is 70.8 Å². The van der Waals surface area contributed by atoms with Gasteiger partial charge in [0.15, 0.2) is 4.67 Å². The zero-order chi connectivity index (χ0) is 14.9. The minimum atomic E-state index is -0.827. The fraction of sp³-hybridized carbons (Fsp3) is 0.571. The molecule has 2 rings (SSSR count). The summed E-state index contributed by atoms with van der Waals surface area (Å²) in [6, 6.07) is 1.62. The number of likely N-dealkylation sites (tertiary alicyclic amines) is 1. The molecule has 0 radical (unpaired) electrons. The number of piperidine rings is 1. The lowest BCUT2D eigenvalue weighted by Gasteiger charge is -2.39. The number of furan rings is 1. The van der Waals surface area contributed by atoms with Gasteiger partial charge in [0.05, 0.1) is 17.2 Å². The number of hydrogen-bond donors (Lipinski definition) is 1. The molecular formula is C14H18BrNO4. The highest BCUT2D eigenvalue weighted by Gasteiger charge is 2.40. The van der Waals surface area contributed by atoms with Crippen molar-refractivity contribution in [2.75, 3.05) is 13.1 Å². The Morgan fingerprint density at radius 1 is 1.50 bits per heavy atom. The monoisotopic (exact) mass is 343 g/mol. The summed E-state index contributed by atoms with van der Waals surface area (Å²) in [5, 5.41) is 9.32. The number of nitrogens with zero attached hydrogens (tertiary/aromatic N) is 1. The van der Waals surface area contributed by atoms with Crippen molar-refractivity contribution in [2.24, 2.45) is 11.3 Å². The molecular weight excluding hydrogens is 326 g/mol. The maximum Gasteiger partial charge on any atom is 0.309 e. The molecule has 110 valence electrons. The van der Waals surface area contributed by atoms with Gasteiger partial charge in [0, 0.05) is 13.1 Å². The first kappa shape index (κ1) is 15.1. The molecule has 6 heteroatoms. The minimum Gasteiger partial charge on any atom is -0.481 e. The molecule has 1 amide bonds. The fourth-order valence-electron chi connectivity index (χ4n) is 2.54. The van der Waals surface area contributed by atoms with Crippen LogP contribution < -0.4 is 0 Å². The van der Waals surface area contributed by atoms with Gasteiger partial charge in [-0.3, -0.25) is 9.59 Å². The zero-order valence-corrected chi connectivity index (χ0v) is 13.1. The van der Waals surface area contributed by atoms with E-state index in [0.717, 1.165) is 12.8 Å². The summed E-state index contributed by atoms with van der Waals surface area (Å²) in [4.78, 5) is 25.5. The van der Waals surface area contributed by atoms with Gasteiger partial charge in [0.1, 0.15) is 0 Å². The van der Waals surface area contributed by atoms with Crippen LogP contribution in [0.1, 0.15) is 37.0 Å². The van der Waals surface area contributed by atoms with Gasteiger partial charge in [-0.05, 0) is 54.6 Å². The largest absolute Gasteiger partial charge is 0.481 e. The van der Waals surface area contributed by atoms with Gasteiger partial charge in [-0.2, -0.15) is 0 Å². The zero-order valence-electron chi connectivity index (χ0n) is 11.6. The predicted octanol–water partition coefficient (Wildman–Crippen LogP) is 3.01. The minimum absolute atomic E-state index is 0.0385. The molecule has 0 saturated carbocycles. The summed E-state index contributed by atoms with van der Waals surface area (Å²) in [6.07, 6.45) is 3.11. The van der Waals surface area contributed by atoms with Gasteiger partial charge in [-0.15, -0.1) is 0 Å². The first-order chi connectivity index (χ1) is 9.34. The lowest BCUT2D eigenvalue weighted by atomic mass is 9.74. The van der Waals surface area contributed by atoms with Gasteiger partial charge < -0.3 is 14.4 Å². The van der Waals surface area contributed by atoms with Crippen LogP contribution in [0.2, 0.25) is 0 Å². The Labute approximate surface area is 126 Å². The second-order valence-electron chi connectivity index (χ2n) is 5.73. The summed E-state index contributed by atoms with van der Waals surface area (Å²) in [7, 11) is 0. The number of carbonyl (C=O) groups is 2. The van der Waals surface area contributed by atoms with Crippen molar-refractivity contribution >= 4 is 27.8 Å². The smallest absolute Gasteiger partial charge is 0.309 e. The predicted molar refractivity (Wildman–Crippen MR) is 76.5 cm³/mol. The van der Waals surface area contributed by atoms with Gasteiger partial charge >= 0.3 is 5.97 Å². The lowest BCUT2D eigenvalue weighted by molar-refractivity contribution is -0.151. The summed E-state index contributed by atoms with van der Waals surface area (Å²) in [5.41, 5.74) is -0.342. The molecule has 1 saturated heterocycles. The maximum atomic E-state index is 12.4. The molecule has 0 aliphatic carbocycles. The highest BCUT2D eigenvalue weighted by Crippen LogP contribution is 2.35.